The lowest BCUT2D eigenvalue weighted by Gasteiger charge is -2.37. The first kappa shape index (κ1) is 22.1. The summed E-state index contributed by atoms with van der Waals surface area (Å²) in [4.78, 5) is 32.0. The smallest absolute Gasteiger partial charge is 0.268 e. The number of nitrogens with one attached hydrogen (secondary N) is 1. The number of amides is 1. The molecule has 3 aromatic rings. The maximum absolute atomic E-state index is 14.8. The molecular formula is C25H27F2N3O2. The highest BCUT2D eigenvalue weighted by Crippen LogP contribution is 2.48. The van der Waals surface area contributed by atoms with E-state index in [0.29, 0.717) is 17.0 Å². The molecule has 0 bridgehead atoms. The van der Waals surface area contributed by atoms with Gasteiger partial charge in [0, 0.05) is 23.9 Å². The number of benzene rings is 1. The summed E-state index contributed by atoms with van der Waals surface area (Å²) < 4.78 is 28.9. The molecule has 5 nitrogen and oxygen atoms in total. The third-order valence-corrected chi connectivity index (χ3v) is 6.65. The van der Waals surface area contributed by atoms with Gasteiger partial charge in [-0.15, -0.1) is 0 Å². The Balaban J connectivity index is 1.88. The monoisotopic (exact) mass is 439 g/mol. The quantitative estimate of drug-likeness (QED) is 0.592. The van der Waals surface area contributed by atoms with Gasteiger partial charge in [-0.2, -0.15) is 0 Å². The zero-order valence-electron chi connectivity index (χ0n) is 18.4. The Labute approximate surface area is 185 Å². The summed E-state index contributed by atoms with van der Waals surface area (Å²) >= 11 is 0. The number of halogens is 2. The van der Waals surface area contributed by atoms with Gasteiger partial charge in [0.2, 0.25) is 0 Å². The standard InChI is InChI=1S/C25H27F2N3O2/c1-12(2)21-15(6-7-17(26)23(21)27)16-10-13(3)4-5-14(16)19-11-20(31)22-18(30-19)8-9-29-24(22)25(28)32/h6-9,11-14,16H,4-5,10H2,1-3H3,(H2,28,32)(H,30,31)/t13-,14?,16+/m1/s1. The van der Waals surface area contributed by atoms with Crippen molar-refractivity contribution in [3.05, 3.63) is 74.8 Å². The second-order valence-corrected chi connectivity index (χ2v) is 9.19. The number of primary amides is 1. The minimum absolute atomic E-state index is 0.0631. The van der Waals surface area contributed by atoms with Gasteiger partial charge in [-0.25, -0.2) is 8.78 Å². The second-order valence-electron chi connectivity index (χ2n) is 9.19. The highest BCUT2D eigenvalue weighted by Gasteiger charge is 2.35. The van der Waals surface area contributed by atoms with Crippen LogP contribution in [0.15, 0.2) is 35.3 Å². The highest BCUT2D eigenvalue weighted by molar-refractivity contribution is 6.03. The Morgan fingerprint density at radius 2 is 1.94 bits per heavy atom. The van der Waals surface area contributed by atoms with E-state index >= 15 is 0 Å². The molecule has 1 aliphatic rings. The van der Waals surface area contributed by atoms with Gasteiger partial charge in [-0.1, -0.05) is 33.3 Å². The van der Waals surface area contributed by atoms with Crippen LogP contribution in [-0.4, -0.2) is 15.9 Å². The van der Waals surface area contributed by atoms with Crippen LogP contribution in [0.4, 0.5) is 8.78 Å². The molecule has 1 aliphatic carbocycles. The van der Waals surface area contributed by atoms with Gasteiger partial charge in [0.15, 0.2) is 17.1 Å². The third kappa shape index (κ3) is 3.80. The van der Waals surface area contributed by atoms with E-state index < -0.39 is 17.5 Å². The average molecular weight is 440 g/mol. The Bertz CT molecular complexity index is 1250. The summed E-state index contributed by atoms with van der Waals surface area (Å²) in [6.45, 7) is 5.88. The van der Waals surface area contributed by atoms with Gasteiger partial charge in [-0.05, 0) is 53.9 Å². The molecule has 1 saturated carbocycles. The van der Waals surface area contributed by atoms with E-state index in [9.17, 15) is 18.4 Å². The average Bonchev–Trinajstić information content (AvgIpc) is 2.74. The number of hydrogen-bond acceptors (Lipinski definition) is 3. The lowest BCUT2D eigenvalue weighted by Crippen LogP contribution is -2.25. The molecule has 0 spiro atoms. The van der Waals surface area contributed by atoms with Crippen LogP contribution < -0.4 is 11.2 Å². The molecule has 3 N–H and O–H groups in total. The van der Waals surface area contributed by atoms with Crippen molar-refractivity contribution in [3.8, 4) is 0 Å². The first-order chi connectivity index (χ1) is 15.2. The molecule has 7 heteroatoms. The van der Waals surface area contributed by atoms with E-state index in [0.717, 1.165) is 30.5 Å². The second kappa shape index (κ2) is 8.45. The fourth-order valence-electron chi connectivity index (χ4n) is 5.20. The van der Waals surface area contributed by atoms with Crippen LogP contribution in [0, 0.1) is 17.6 Å². The van der Waals surface area contributed by atoms with Crippen LogP contribution in [-0.2, 0) is 0 Å². The lowest BCUT2D eigenvalue weighted by molar-refractivity contribution is 0.0997. The number of rotatable bonds is 4. The molecular weight excluding hydrogens is 412 g/mol. The summed E-state index contributed by atoms with van der Waals surface area (Å²) in [6, 6.07) is 6.03. The number of fused-ring (bicyclic) bond motifs is 1. The highest BCUT2D eigenvalue weighted by atomic mass is 19.2. The molecule has 0 radical (unpaired) electrons. The number of pyridine rings is 2. The van der Waals surface area contributed by atoms with Crippen molar-refractivity contribution in [2.75, 3.05) is 0 Å². The first-order valence-corrected chi connectivity index (χ1v) is 11.0. The van der Waals surface area contributed by atoms with Crippen LogP contribution in [0.3, 0.4) is 0 Å². The van der Waals surface area contributed by atoms with Crippen molar-refractivity contribution >= 4 is 16.8 Å². The third-order valence-electron chi connectivity index (χ3n) is 6.65. The SMILES string of the molecule is CC(C)c1c([C@H]2C[C@H](C)CCC2c2cc(=O)c3c(C(N)=O)nccc3[nH]2)ccc(F)c1F. The maximum atomic E-state index is 14.8. The predicted octanol–water partition coefficient (Wildman–Crippen LogP) is 5.11. The van der Waals surface area contributed by atoms with E-state index in [1.54, 1.807) is 12.1 Å². The number of H-pyrrole nitrogens is 1. The van der Waals surface area contributed by atoms with Crippen LogP contribution in [0.25, 0.3) is 10.9 Å². The number of carbonyl (C=O) groups excluding carboxylic acids is 1. The Morgan fingerprint density at radius 1 is 1.19 bits per heavy atom. The molecule has 4 rings (SSSR count). The lowest BCUT2D eigenvalue weighted by atomic mass is 9.68. The molecule has 1 fully saturated rings. The fraction of sp³-hybridized carbons (Fsp3) is 0.400. The number of hydrogen-bond donors (Lipinski definition) is 2. The maximum Gasteiger partial charge on any atom is 0.268 e. The molecule has 1 aromatic carbocycles. The topological polar surface area (TPSA) is 88.8 Å². The number of aromatic nitrogens is 2. The van der Waals surface area contributed by atoms with E-state index in [4.69, 9.17) is 5.73 Å². The largest absolute Gasteiger partial charge is 0.364 e. The van der Waals surface area contributed by atoms with Crippen molar-refractivity contribution in [3.63, 3.8) is 0 Å². The van der Waals surface area contributed by atoms with Crippen molar-refractivity contribution in [2.24, 2.45) is 11.7 Å². The molecule has 2 aromatic heterocycles. The predicted molar refractivity (Wildman–Crippen MR) is 120 cm³/mol. The number of carbonyl (C=O) groups is 1. The van der Waals surface area contributed by atoms with E-state index in [1.807, 2.05) is 13.8 Å². The molecule has 3 atom stereocenters. The van der Waals surface area contributed by atoms with Gasteiger partial charge < -0.3 is 10.7 Å². The van der Waals surface area contributed by atoms with Crippen molar-refractivity contribution < 1.29 is 13.6 Å². The van der Waals surface area contributed by atoms with Gasteiger partial charge >= 0.3 is 0 Å². The van der Waals surface area contributed by atoms with Gasteiger partial charge in [0.05, 0.1) is 10.9 Å². The molecule has 0 saturated heterocycles. The Kier molecular flexibility index (Phi) is 5.84. The van der Waals surface area contributed by atoms with Gasteiger partial charge in [0.1, 0.15) is 5.69 Å². The minimum atomic E-state index is -0.844. The van der Waals surface area contributed by atoms with Crippen LogP contribution in [0.2, 0.25) is 0 Å². The summed E-state index contributed by atoms with van der Waals surface area (Å²) in [5.74, 6) is -2.31. The molecule has 1 amide bonds. The summed E-state index contributed by atoms with van der Waals surface area (Å²) in [7, 11) is 0. The zero-order valence-corrected chi connectivity index (χ0v) is 18.4. The molecule has 168 valence electrons. The molecule has 2 heterocycles. The fourth-order valence-corrected chi connectivity index (χ4v) is 5.20. The Hall–Kier alpha value is -3.09. The summed E-state index contributed by atoms with van der Waals surface area (Å²) in [5, 5.41) is 0.167. The molecule has 32 heavy (non-hydrogen) atoms. The number of nitrogens with two attached hydrogens (primary N) is 1. The Morgan fingerprint density at radius 3 is 2.62 bits per heavy atom. The normalized spacial score (nSPS) is 21.2. The number of aromatic amines is 1. The zero-order chi connectivity index (χ0) is 23.2. The van der Waals surface area contributed by atoms with E-state index in [-0.39, 0.29) is 34.3 Å². The van der Waals surface area contributed by atoms with E-state index in [1.165, 1.54) is 18.3 Å². The van der Waals surface area contributed by atoms with Crippen LogP contribution in [0.5, 0.6) is 0 Å². The first-order valence-electron chi connectivity index (χ1n) is 11.0. The van der Waals surface area contributed by atoms with E-state index in [2.05, 4.69) is 16.9 Å². The van der Waals surface area contributed by atoms with Crippen LogP contribution >= 0.6 is 0 Å². The van der Waals surface area contributed by atoms with Crippen LogP contribution in [0.1, 0.15) is 85.1 Å². The van der Waals surface area contributed by atoms with Gasteiger partial charge in [-0.3, -0.25) is 14.6 Å². The van der Waals surface area contributed by atoms with Crippen molar-refractivity contribution in [2.45, 2.75) is 57.8 Å². The molecule has 0 aliphatic heterocycles. The summed E-state index contributed by atoms with van der Waals surface area (Å²) in [6.07, 6.45) is 4.01. The van der Waals surface area contributed by atoms with Crippen molar-refractivity contribution in [1.82, 2.24) is 9.97 Å². The summed E-state index contributed by atoms with van der Waals surface area (Å²) in [5.41, 5.74) is 7.41. The molecule has 1 unspecified atom stereocenters. The van der Waals surface area contributed by atoms with Crippen molar-refractivity contribution in [1.29, 1.82) is 0 Å². The number of nitrogens with zero attached hydrogens (tertiary/aromatic N) is 1. The van der Waals surface area contributed by atoms with Gasteiger partial charge in [0.25, 0.3) is 5.91 Å². The minimum Gasteiger partial charge on any atom is -0.364 e.